The Morgan fingerprint density at radius 2 is 1.71 bits per heavy atom. The molecule has 0 radical (unpaired) electrons. The second kappa shape index (κ2) is 8.14. The zero-order valence-electron chi connectivity index (χ0n) is 18.9. The highest BCUT2D eigenvalue weighted by Gasteiger charge is 2.14. The van der Waals surface area contributed by atoms with Crippen molar-refractivity contribution in [2.24, 2.45) is 5.73 Å². The second-order valence-electron chi connectivity index (χ2n) is 8.24. The molecule has 0 aliphatic heterocycles. The van der Waals surface area contributed by atoms with E-state index in [0.717, 1.165) is 50.0 Å². The van der Waals surface area contributed by atoms with Gasteiger partial charge in [-0.3, -0.25) is 4.79 Å². The lowest BCUT2D eigenvalue weighted by atomic mass is 10.1. The number of ether oxygens (including phenoxy) is 1. The van der Waals surface area contributed by atoms with Gasteiger partial charge in [-0.05, 0) is 48.5 Å². The van der Waals surface area contributed by atoms with Crippen LogP contribution >= 0.6 is 0 Å². The minimum atomic E-state index is -0.504. The van der Waals surface area contributed by atoms with Crippen LogP contribution in [0, 0.1) is 0 Å². The van der Waals surface area contributed by atoms with Crippen molar-refractivity contribution in [3.63, 3.8) is 0 Å². The van der Waals surface area contributed by atoms with E-state index in [0.29, 0.717) is 16.9 Å². The number of H-pyrrole nitrogens is 1. The maximum absolute atomic E-state index is 11.8. The Bertz CT molecular complexity index is 1760. The fourth-order valence-electron chi connectivity index (χ4n) is 4.39. The molecule has 0 unspecified atom stereocenters. The van der Waals surface area contributed by atoms with Crippen LogP contribution < -0.4 is 15.8 Å². The Morgan fingerprint density at radius 1 is 0.886 bits per heavy atom. The summed E-state index contributed by atoms with van der Waals surface area (Å²) in [4.78, 5) is 24.6. The zero-order chi connectivity index (χ0) is 23.9. The number of nitrogens with zero attached hydrogens (tertiary/aromatic N) is 2. The first-order valence-corrected chi connectivity index (χ1v) is 11.1. The van der Waals surface area contributed by atoms with E-state index in [-0.39, 0.29) is 0 Å². The Hall–Kier alpha value is -4.91. The lowest BCUT2D eigenvalue weighted by molar-refractivity contribution is 0.100. The maximum atomic E-state index is 11.8. The van der Waals surface area contributed by atoms with Crippen LogP contribution in [0.15, 0.2) is 84.9 Å². The largest absolute Gasteiger partial charge is 0.497 e. The number of aromatic amines is 1. The molecular weight excluding hydrogens is 438 g/mol. The van der Waals surface area contributed by atoms with Gasteiger partial charge in [-0.2, -0.15) is 0 Å². The molecule has 0 aliphatic rings. The topological polar surface area (TPSA) is 106 Å². The summed E-state index contributed by atoms with van der Waals surface area (Å²) in [6.45, 7) is 0. The van der Waals surface area contributed by atoms with Crippen molar-refractivity contribution in [1.29, 1.82) is 0 Å². The fraction of sp³-hybridized carbons (Fsp3) is 0.0357. The van der Waals surface area contributed by atoms with E-state index < -0.39 is 5.91 Å². The molecule has 1 amide bonds. The molecule has 0 bridgehead atoms. The predicted octanol–water partition coefficient (Wildman–Crippen LogP) is 5.78. The number of rotatable bonds is 5. The van der Waals surface area contributed by atoms with Crippen LogP contribution in [0.2, 0.25) is 0 Å². The van der Waals surface area contributed by atoms with Gasteiger partial charge >= 0.3 is 0 Å². The summed E-state index contributed by atoms with van der Waals surface area (Å²) >= 11 is 0. The molecule has 0 saturated carbocycles. The first-order chi connectivity index (χ1) is 17.1. The molecule has 0 fully saturated rings. The van der Waals surface area contributed by atoms with Gasteiger partial charge in [-0.25, -0.2) is 9.97 Å². The highest BCUT2D eigenvalue weighted by Crippen LogP contribution is 2.35. The summed E-state index contributed by atoms with van der Waals surface area (Å²) in [5, 5.41) is 5.57. The van der Waals surface area contributed by atoms with E-state index in [1.54, 1.807) is 19.2 Å². The van der Waals surface area contributed by atoms with E-state index in [4.69, 9.17) is 15.5 Å². The van der Waals surface area contributed by atoms with Gasteiger partial charge in [0, 0.05) is 22.0 Å². The SMILES string of the molecule is COc1ccc2nc3ccccc3c(Nc3cccc(-c4nc5c(C(N)=O)cccc5[nH]4)c3)c2c1. The molecule has 6 rings (SSSR count). The fourth-order valence-corrected chi connectivity index (χ4v) is 4.39. The number of anilines is 2. The number of carbonyl (C=O) groups excluding carboxylic acids is 1. The third-order valence-electron chi connectivity index (χ3n) is 6.07. The predicted molar refractivity (Wildman–Crippen MR) is 139 cm³/mol. The summed E-state index contributed by atoms with van der Waals surface area (Å²) < 4.78 is 5.47. The number of hydrogen-bond acceptors (Lipinski definition) is 5. The van der Waals surface area contributed by atoms with Crippen LogP contribution in [0.1, 0.15) is 10.4 Å². The number of amides is 1. The van der Waals surface area contributed by atoms with Gasteiger partial charge in [-0.1, -0.05) is 36.4 Å². The van der Waals surface area contributed by atoms with Crippen molar-refractivity contribution in [3.05, 3.63) is 90.5 Å². The number of methoxy groups -OCH3 is 1. The van der Waals surface area contributed by atoms with Crippen molar-refractivity contribution >= 4 is 50.1 Å². The number of fused-ring (bicyclic) bond motifs is 3. The van der Waals surface area contributed by atoms with Gasteiger partial charge in [0.2, 0.25) is 0 Å². The first kappa shape index (κ1) is 20.7. The number of hydrogen-bond donors (Lipinski definition) is 3. The Kier molecular flexibility index (Phi) is 4.81. The van der Waals surface area contributed by atoms with Crippen molar-refractivity contribution in [1.82, 2.24) is 15.0 Å². The molecule has 7 heteroatoms. The highest BCUT2D eigenvalue weighted by molar-refractivity contribution is 6.09. The smallest absolute Gasteiger partial charge is 0.250 e. The number of nitrogens with two attached hydrogens (primary N) is 1. The quantitative estimate of drug-likeness (QED) is 0.283. The van der Waals surface area contributed by atoms with E-state index in [1.807, 2.05) is 66.7 Å². The van der Waals surface area contributed by atoms with Crippen LogP contribution in [0.25, 0.3) is 44.2 Å². The van der Waals surface area contributed by atoms with E-state index in [1.165, 1.54) is 0 Å². The summed E-state index contributed by atoms with van der Waals surface area (Å²) in [6, 6.07) is 27.2. The van der Waals surface area contributed by atoms with Crippen molar-refractivity contribution in [2.75, 3.05) is 12.4 Å². The minimum Gasteiger partial charge on any atom is -0.497 e. The van der Waals surface area contributed by atoms with E-state index in [9.17, 15) is 4.79 Å². The van der Waals surface area contributed by atoms with Crippen molar-refractivity contribution in [2.45, 2.75) is 0 Å². The number of benzene rings is 4. The molecule has 170 valence electrons. The van der Waals surface area contributed by atoms with Crippen LogP contribution in [-0.2, 0) is 0 Å². The first-order valence-electron chi connectivity index (χ1n) is 11.1. The molecule has 2 aromatic heterocycles. The molecule has 35 heavy (non-hydrogen) atoms. The molecule has 0 spiro atoms. The molecule has 4 aromatic carbocycles. The Morgan fingerprint density at radius 3 is 2.57 bits per heavy atom. The third kappa shape index (κ3) is 3.59. The summed E-state index contributed by atoms with van der Waals surface area (Å²) in [7, 11) is 1.66. The zero-order valence-corrected chi connectivity index (χ0v) is 18.9. The van der Waals surface area contributed by atoms with Gasteiger partial charge < -0.3 is 20.8 Å². The number of primary amides is 1. The number of imidazole rings is 1. The maximum Gasteiger partial charge on any atom is 0.250 e. The third-order valence-corrected chi connectivity index (χ3v) is 6.07. The second-order valence-corrected chi connectivity index (χ2v) is 8.24. The Balaban J connectivity index is 1.47. The molecule has 6 aromatic rings. The molecule has 7 nitrogen and oxygen atoms in total. The standard InChI is InChI=1S/C28H21N5O2/c1-35-18-12-13-23-21(15-18)25(19-8-2-3-10-22(19)31-23)30-17-7-4-6-16(14-17)28-32-24-11-5-9-20(27(29)34)26(24)33-28/h2-15H,1H3,(H2,29,34)(H,30,31)(H,32,33). The Labute approximate surface area is 200 Å². The van der Waals surface area contributed by atoms with Crippen LogP contribution in [0.4, 0.5) is 11.4 Å². The number of para-hydroxylation sites is 2. The molecular formula is C28H21N5O2. The van der Waals surface area contributed by atoms with Gasteiger partial charge in [0.15, 0.2) is 0 Å². The van der Waals surface area contributed by atoms with Crippen LogP contribution in [-0.4, -0.2) is 28.0 Å². The summed E-state index contributed by atoms with van der Waals surface area (Å²) in [5.41, 5.74) is 11.7. The lowest BCUT2D eigenvalue weighted by Gasteiger charge is -2.14. The highest BCUT2D eigenvalue weighted by atomic mass is 16.5. The minimum absolute atomic E-state index is 0.392. The number of pyridine rings is 1. The molecule has 2 heterocycles. The van der Waals surface area contributed by atoms with Gasteiger partial charge in [-0.15, -0.1) is 0 Å². The van der Waals surface area contributed by atoms with Gasteiger partial charge in [0.05, 0.1) is 34.9 Å². The van der Waals surface area contributed by atoms with Gasteiger partial charge in [0.1, 0.15) is 17.1 Å². The normalized spacial score (nSPS) is 11.2. The number of carbonyl (C=O) groups is 1. The molecule has 4 N–H and O–H groups in total. The molecule has 0 saturated heterocycles. The molecule has 0 atom stereocenters. The van der Waals surface area contributed by atoms with Crippen molar-refractivity contribution in [3.8, 4) is 17.1 Å². The van der Waals surface area contributed by atoms with Crippen molar-refractivity contribution < 1.29 is 9.53 Å². The van der Waals surface area contributed by atoms with E-state index >= 15 is 0 Å². The monoisotopic (exact) mass is 459 g/mol. The number of aromatic nitrogens is 3. The summed E-state index contributed by atoms with van der Waals surface area (Å²) in [5.74, 6) is 0.915. The van der Waals surface area contributed by atoms with Crippen LogP contribution in [0.5, 0.6) is 5.75 Å². The summed E-state index contributed by atoms with van der Waals surface area (Å²) in [6.07, 6.45) is 0. The van der Waals surface area contributed by atoms with Gasteiger partial charge in [0.25, 0.3) is 5.91 Å². The average molecular weight is 460 g/mol. The lowest BCUT2D eigenvalue weighted by Crippen LogP contribution is -2.11. The van der Waals surface area contributed by atoms with Crippen LogP contribution in [0.3, 0.4) is 0 Å². The average Bonchev–Trinajstić information content (AvgIpc) is 3.33. The van der Waals surface area contributed by atoms with E-state index in [2.05, 4.69) is 21.4 Å². The number of nitrogens with one attached hydrogen (secondary N) is 2. The molecule has 0 aliphatic carbocycles.